The lowest BCUT2D eigenvalue weighted by atomic mass is 9.81. The van der Waals surface area contributed by atoms with Crippen molar-refractivity contribution < 1.29 is 10.0 Å². The SMILES string of the molecule is O=c1c(Cl)c[nH]cc1B(O)O. The van der Waals surface area contributed by atoms with Crippen LogP contribution in [0.25, 0.3) is 0 Å². The maximum Gasteiger partial charge on any atom is 0.494 e. The Morgan fingerprint density at radius 2 is 2.09 bits per heavy atom. The molecule has 0 spiro atoms. The van der Waals surface area contributed by atoms with Crippen LogP contribution in [0.2, 0.25) is 5.02 Å². The third-order valence-corrected chi connectivity index (χ3v) is 1.49. The van der Waals surface area contributed by atoms with Crippen molar-refractivity contribution >= 4 is 24.2 Å². The van der Waals surface area contributed by atoms with Crippen LogP contribution in [0.15, 0.2) is 17.2 Å². The monoisotopic (exact) mass is 173 g/mol. The fourth-order valence-corrected chi connectivity index (χ4v) is 0.837. The van der Waals surface area contributed by atoms with Gasteiger partial charge in [0.25, 0.3) is 0 Å². The Balaban J connectivity index is 3.28. The van der Waals surface area contributed by atoms with E-state index in [0.717, 1.165) is 0 Å². The van der Waals surface area contributed by atoms with E-state index in [0.29, 0.717) is 0 Å². The first kappa shape index (κ1) is 8.32. The minimum absolute atomic E-state index is 0.0596. The van der Waals surface area contributed by atoms with Gasteiger partial charge in [0, 0.05) is 17.9 Å². The molecule has 0 saturated heterocycles. The molecule has 0 atom stereocenters. The van der Waals surface area contributed by atoms with Crippen LogP contribution in [0.5, 0.6) is 0 Å². The molecule has 11 heavy (non-hydrogen) atoms. The summed E-state index contributed by atoms with van der Waals surface area (Å²) < 4.78 is 0. The number of hydrogen-bond donors (Lipinski definition) is 3. The molecule has 0 aliphatic rings. The number of nitrogens with one attached hydrogen (secondary N) is 1. The van der Waals surface area contributed by atoms with Crippen molar-refractivity contribution in [3.8, 4) is 0 Å². The molecule has 0 amide bonds. The zero-order valence-electron chi connectivity index (χ0n) is 5.41. The highest BCUT2D eigenvalue weighted by molar-refractivity contribution is 6.58. The zero-order chi connectivity index (χ0) is 8.43. The van der Waals surface area contributed by atoms with Gasteiger partial charge in [-0.15, -0.1) is 0 Å². The van der Waals surface area contributed by atoms with E-state index < -0.39 is 12.5 Å². The Hall–Kier alpha value is -0.775. The fourth-order valence-electron chi connectivity index (χ4n) is 0.665. The van der Waals surface area contributed by atoms with Gasteiger partial charge in [-0.1, -0.05) is 11.6 Å². The summed E-state index contributed by atoms with van der Waals surface area (Å²) in [5.41, 5.74) is -0.724. The molecule has 1 heterocycles. The number of halogens is 1. The predicted molar refractivity (Wildman–Crippen MR) is 41.9 cm³/mol. The van der Waals surface area contributed by atoms with Gasteiger partial charge in [-0.2, -0.15) is 0 Å². The summed E-state index contributed by atoms with van der Waals surface area (Å²) in [4.78, 5) is 13.4. The quantitative estimate of drug-likeness (QED) is 0.463. The Labute approximate surface area is 67.6 Å². The van der Waals surface area contributed by atoms with Gasteiger partial charge in [0.15, 0.2) is 5.43 Å². The van der Waals surface area contributed by atoms with Crippen molar-refractivity contribution in [2.45, 2.75) is 0 Å². The van der Waals surface area contributed by atoms with E-state index in [1.54, 1.807) is 0 Å². The highest BCUT2D eigenvalue weighted by atomic mass is 35.5. The molecule has 3 N–H and O–H groups in total. The molecule has 0 fully saturated rings. The lowest BCUT2D eigenvalue weighted by Gasteiger charge is -1.96. The minimum Gasteiger partial charge on any atom is -0.423 e. The molecule has 0 aliphatic heterocycles. The molecule has 0 radical (unpaired) electrons. The van der Waals surface area contributed by atoms with Gasteiger partial charge < -0.3 is 15.0 Å². The van der Waals surface area contributed by atoms with Crippen molar-refractivity contribution in [2.24, 2.45) is 0 Å². The average Bonchev–Trinajstić information content (AvgIpc) is 1.94. The van der Waals surface area contributed by atoms with Crippen molar-refractivity contribution in [3.63, 3.8) is 0 Å². The zero-order valence-corrected chi connectivity index (χ0v) is 6.17. The Bertz CT molecular complexity index is 311. The second-order valence-electron chi connectivity index (χ2n) is 1.96. The normalized spacial score (nSPS) is 9.73. The van der Waals surface area contributed by atoms with E-state index in [1.165, 1.54) is 12.4 Å². The smallest absolute Gasteiger partial charge is 0.423 e. The van der Waals surface area contributed by atoms with E-state index in [4.69, 9.17) is 21.6 Å². The average molecular weight is 173 g/mol. The van der Waals surface area contributed by atoms with Crippen molar-refractivity contribution in [1.29, 1.82) is 0 Å². The number of rotatable bonds is 1. The first-order valence-corrected chi connectivity index (χ1v) is 3.23. The Morgan fingerprint density at radius 1 is 1.45 bits per heavy atom. The largest absolute Gasteiger partial charge is 0.494 e. The van der Waals surface area contributed by atoms with E-state index in [2.05, 4.69) is 4.98 Å². The third kappa shape index (κ3) is 1.62. The topological polar surface area (TPSA) is 73.3 Å². The first-order chi connectivity index (χ1) is 5.13. The highest BCUT2D eigenvalue weighted by Crippen LogP contribution is 1.93. The second kappa shape index (κ2) is 3.08. The second-order valence-corrected chi connectivity index (χ2v) is 2.37. The summed E-state index contributed by atoms with van der Waals surface area (Å²) in [6.45, 7) is 0. The maximum absolute atomic E-state index is 10.9. The first-order valence-electron chi connectivity index (χ1n) is 2.85. The molecular weight excluding hydrogens is 168 g/mol. The summed E-state index contributed by atoms with van der Waals surface area (Å²) in [6, 6.07) is 0. The summed E-state index contributed by atoms with van der Waals surface area (Å²) >= 11 is 5.39. The summed E-state index contributed by atoms with van der Waals surface area (Å²) in [5.74, 6) is 0. The summed E-state index contributed by atoms with van der Waals surface area (Å²) in [6.07, 6.45) is 2.47. The number of pyridine rings is 1. The minimum atomic E-state index is -1.78. The van der Waals surface area contributed by atoms with Crippen molar-refractivity contribution in [1.82, 2.24) is 4.98 Å². The van der Waals surface area contributed by atoms with Crippen LogP contribution in [0.1, 0.15) is 0 Å². The van der Waals surface area contributed by atoms with Crippen LogP contribution in [-0.2, 0) is 0 Å². The van der Waals surface area contributed by atoms with Crippen LogP contribution >= 0.6 is 11.6 Å². The van der Waals surface area contributed by atoms with E-state index in [-0.39, 0.29) is 10.5 Å². The molecule has 1 rings (SSSR count). The molecule has 58 valence electrons. The van der Waals surface area contributed by atoms with Gasteiger partial charge in [0.1, 0.15) is 5.02 Å². The number of aromatic amines is 1. The number of hydrogen-bond acceptors (Lipinski definition) is 3. The summed E-state index contributed by atoms with van der Waals surface area (Å²) in [5, 5.41) is 17.2. The van der Waals surface area contributed by atoms with Gasteiger partial charge in [-0.25, -0.2) is 0 Å². The van der Waals surface area contributed by atoms with Gasteiger partial charge in [0.2, 0.25) is 0 Å². The lowest BCUT2D eigenvalue weighted by molar-refractivity contribution is 0.425. The number of H-pyrrole nitrogens is 1. The lowest BCUT2D eigenvalue weighted by Crippen LogP contribution is -2.41. The van der Waals surface area contributed by atoms with Crippen LogP contribution in [0, 0.1) is 0 Å². The van der Waals surface area contributed by atoms with Crippen LogP contribution in [0.3, 0.4) is 0 Å². The highest BCUT2D eigenvalue weighted by Gasteiger charge is 2.15. The molecule has 6 heteroatoms. The third-order valence-electron chi connectivity index (χ3n) is 1.21. The fraction of sp³-hybridized carbons (Fsp3) is 0. The van der Waals surface area contributed by atoms with Crippen LogP contribution in [0.4, 0.5) is 0 Å². The van der Waals surface area contributed by atoms with Crippen molar-refractivity contribution in [3.05, 3.63) is 27.6 Å². The van der Waals surface area contributed by atoms with E-state index in [9.17, 15) is 4.79 Å². The molecule has 0 aliphatic carbocycles. The van der Waals surface area contributed by atoms with Crippen LogP contribution in [-0.4, -0.2) is 22.2 Å². The van der Waals surface area contributed by atoms with Gasteiger partial charge in [-0.05, 0) is 0 Å². The standard InChI is InChI=1S/C5H5BClNO3/c7-4-2-8-1-3(5(4)9)6(10)11/h1-2,10-11H,(H,8,9). The Morgan fingerprint density at radius 3 is 2.55 bits per heavy atom. The molecule has 0 unspecified atom stereocenters. The molecule has 0 saturated carbocycles. The van der Waals surface area contributed by atoms with E-state index >= 15 is 0 Å². The molecule has 1 aromatic heterocycles. The molecular formula is C5H5BClNO3. The van der Waals surface area contributed by atoms with Gasteiger partial charge in [-0.3, -0.25) is 4.79 Å². The van der Waals surface area contributed by atoms with Gasteiger partial charge >= 0.3 is 7.12 Å². The molecule has 4 nitrogen and oxygen atoms in total. The molecule has 0 bridgehead atoms. The van der Waals surface area contributed by atoms with E-state index in [1.807, 2.05) is 0 Å². The number of aromatic nitrogens is 1. The summed E-state index contributed by atoms with van der Waals surface area (Å²) in [7, 11) is -1.78. The predicted octanol–water partition coefficient (Wildman–Crippen LogP) is -1.29. The van der Waals surface area contributed by atoms with Crippen LogP contribution < -0.4 is 10.9 Å². The Kier molecular flexibility index (Phi) is 2.33. The molecule has 0 aromatic carbocycles. The maximum atomic E-state index is 10.9. The van der Waals surface area contributed by atoms with Crippen molar-refractivity contribution in [2.75, 3.05) is 0 Å². The van der Waals surface area contributed by atoms with Gasteiger partial charge in [0.05, 0.1) is 0 Å². The molecule has 1 aromatic rings.